The standard InChI is InChI=1S/C29H37N2O/c1-3-4-5-6-7-8-9-15-22-30-23-20-26(28-18-13-14-19-29(28)30)21-24-31(25(2)32)27-16-11-10-12-17-27/h10-14,16-21,23-24H,3-9,15,22H2,1-2H3/q+1. The Morgan fingerprint density at radius 3 is 2.22 bits per heavy atom. The molecule has 3 heteroatoms. The molecule has 0 saturated carbocycles. The summed E-state index contributed by atoms with van der Waals surface area (Å²) in [6, 6.07) is 20.5. The molecule has 0 spiro atoms. The average molecular weight is 430 g/mol. The van der Waals surface area contributed by atoms with Gasteiger partial charge in [-0.1, -0.05) is 75.8 Å². The van der Waals surface area contributed by atoms with Crippen LogP contribution in [0, 0.1) is 0 Å². The van der Waals surface area contributed by atoms with Crippen LogP contribution >= 0.6 is 0 Å². The van der Waals surface area contributed by atoms with Crippen LogP contribution in [0.2, 0.25) is 0 Å². The van der Waals surface area contributed by atoms with Crippen molar-refractivity contribution in [1.82, 2.24) is 0 Å². The van der Waals surface area contributed by atoms with Gasteiger partial charge in [0.1, 0.15) is 6.54 Å². The molecule has 0 radical (unpaired) electrons. The van der Waals surface area contributed by atoms with Crippen LogP contribution in [-0.4, -0.2) is 5.91 Å². The number of pyridine rings is 1. The Hall–Kier alpha value is -2.94. The summed E-state index contributed by atoms with van der Waals surface area (Å²) in [6.07, 6.45) is 16.8. The zero-order valence-electron chi connectivity index (χ0n) is 19.7. The number of rotatable bonds is 12. The lowest BCUT2D eigenvalue weighted by atomic mass is 10.1. The van der Waals surface area contributed by atoms with Crippen LogP contribution in [0.3, 0.4) is 0 Å². The van der Waals surface area contributed by atoms with Crippen molar-refractivity contribution in [2.24, 2.45) is 0 Å². The first-order valence-electron chi connectivity index (χ1n) is 12.1. The minimum atomic E-state index is -0.00237. The molecule has 1 heterocycles. The molecule has 1 amide bonds. The summed E-state index contributed by atoms with van der Waals surface area (Å²) in [6.45, 7) is 4.91. The summed E-state index contributed by atoms with van der Waals surface area (Å²) in [7, 11) is 0. The van der Waals surface area contributed by atoms with Crippen molar-refractivity contribution in [2.75, 3.05) is 4.90 Å². The van der Waals surface area contributed by atoms with Gasteiger partial charge in [0.25, 0.3) is 0 Å². The van der Waals surface area contributed by atoms with Crippen LogP contribution in [0.15, 0.2) is 73.1 Å². The molecule has 0 aliphatic carbocycles. The third kappa shape index (κ3) is 6.78. The van der Waals surface area contributed by atoms with Gasteiger partial charge in [-0.15, -0.1) is 0 Å². The number of benzene rings is 2. The summed E-state index contributed by atoms with van der Waals surface area (Å²) in [4.78, 5) is 13.9. The molecule has 3 rings (SSSR count). The van der Waals surface area contributed by atoms with E-state index in [-0.39, 0.29) is 5.91 Å². The number of aryl methyl sites for hydroxylation is 1. The highest BCUT2D eigenvalue weighted by atomic mass is 16.2. The Morgan fingerprint density at radius 1 is 0.844 bits per heavy atom. The first-order chi connectivity index (χ1) is 15.7. The van der Waals surface area contributed by atoms with E-state index in [0.29, 0.717) is 0 Å². The van der Waals surface area contributed by atoms with Crippen molar-refractivity contribution in [2.45, 2.75) is 71.8 Å². The van der Waals surface area contributed by atoms with Crippen molar-refractivity contribution < 1.29 is 9.36 Å². The van der Waals surface area contributed by atoms with Crippen LogP contribution in [-0.2, 0) is 11.3 Å². The van der Waals surface area contributed by atoms with Crippen molar-refractivity contribution in [3.8, 4) is 0 Å². The van der Waals surface area contributed by atoms with Gasteiger partial charge in [0.05, 0.1) is 5.39 Å². The zero-order valence-corrected chi connectivity index (χ0v) is 19.7. The highest BCUT2D eigenvalue weighted by molar-refractivity contribution is 5.95. The molecule has 0 saturated heterocycles. The Labute approximate surface area is 193 Å². The lowest BCUT2D eigenvalue weighted by molar-refractivity contribution is -0.671. The van der Waals surface area contributed by atoms with Gasteiger partial charge in [-0.2, -0.15) is 4.57 Å². The lowest BCUT2D eigenvalue weighted by Gasteiger charge is -2.16. The van der Waals surface area contributed by atoms with Gasteiger partial charge in [-0.3, -0.25) is 9.69 Å². The van der Waals surface area contributed by atoms with Gasteiger partial charge in [0, 0.05) is 37.4 Å². The van der Waals surface area contributed by atoms with E-state index >= 15 is 0 Å². The molecule has 2 aromatic carbocycles. The number of carbonyl (C=O) groups excluding carboxylic acids is 1. The maximum Gasteiger partial charge on any atom is 0.227 e. The second kappa shape index (κ2) is 12.8. The Bertz CT molecular complexity index is 1010. The van der Waals surface area contributed by atoms with Crippen LogP contribution in [0.4, 0.5) is 5.69 Å². The fourth-order valence-corrected chi connectivity index (χ4v) is 4.18. The second-order valence-electron chi connectivity index (χ2n) is 8.50. The van der Waals surface area contributed by atoms with E-state index < -0.39 is 0 Å². The number of anilines is 1. The first-order valence-corrected chi connectivity index (χ1v) is 12.1. The third-order valence-electron chi connectivity index (χ3n) is 5.99. The van der Waals surface area contributed by atoms with E-state index in [9.17, 15) is 4.79 Å². The summed E-state index contributed by atoms with van der Waals surface area (Å²) < 4.78 is 2.36. The van der Waals surface area contributed by atoms with Crippen molar-refractivity contribution in [3.05, 3.63) is 78.6 Å². The van der Waals surface area contributed by atoms with Crippen molar-refractivity contribution >= 4 is 28.6 Å². The second-order valence-corrected chi connectivity index (χ2v) is 8.50. The molecular weight excluding hydrogens is 392 g/mol. The number of hydrogen-bond acceptors (Lipinski definition) is 1. The van der Waals surface area contributed by atoms with Crippen molar-refractivity contribution in [1.29, 1.82) is 0 Å². The maximum absolute atomic E-state index is 12.2. The minimum absolute atomic E-state index is 0.00237. The summed E-state index contributed by atoms with van der Waals surface area (Å²) in [5.74, 6) is -0.00237. The quantitative estimate of drug-likeness (QED) is 0.219. The SMILES string of the molecule is CCCCCCCCCC[n+]1ccc(/C=C/N(C(C)=O)c2ccccc2)c2ccccc21. The Balaban J connectivity index is 1.68. The summed E-state index contributed by atoms with van der Waals surface area (Å²) in [5, 5.41) is 1.21. The van der Waals surface area contributed by atoms with Crippen LogP contribution < -0.4 is 9.47 Å². The number of para-hydroxylation sites is 2. The highest BCUT2D eigenvalue weighted by Gasteiger charge is 2.12. The molecule has 0 aliphatic rings. The molecular formula is C29H37N2O+. The first kappa shape index (κ1) is 23.7. The van der Waals surface area contributed by atoms with Gasteiger partial charge in [-0.05, 0) is 36.3 Å². The fourth-order valence-electron chi connectivity index (χ4n) is 4.18. The number of carbonyl (C=O) groups is 1. The minimum Gasteiger partial charge on any atom is -0.288 e. The molecule has 1 aromatic heterocycles. The third-order valence-corrected chi connectivity index (χ3v) is 5.99. The van der Waals surface area contributed by atoms with Crippen LogP contribution in [0.5, 0.6) is 0 Å². The number of fused-ring (bicyclic) bond motifs is 1. The molecule has 0 aliphatic heterocycles. The van der Waals surface area contributed by atoms with E-state index in [1.807, 2.05) is 42.6 Å². The number of hydrogen-bond donors (Lipinski definition) is 0. The van der Waals surface area contributed by atoms with E-state index in [1.165, 1.54) is 62.3 Å². The molecule has 32 heavy (non-hydrogen) atoms. The van der Waals surface area contributed by atoms with Crippen molar-refractivity contribution in [3.63, 3.8) is 0 Å². The molecule has 168 valence electrons. The number of nitrogens with zero attached hydrogens (tertiary/aromatic N) is 2. The lowest BCUT2D eigenvalue weighted by Crippen LogP contribution is -2.34. The van der Waals surface area contributed by atoms with Crippen LogP contribution in [0.25, 0.3) is 17.0 Å². The molecule has 0 atom stereocenters. The van der Waals surface area contributed by atoms with Gasteiger partial charge < -0.3 is 0 Å². The van der Waals surface area contributed by atoms with Gasteiger partial charge in [0.2, 0.25) is 11.4 Å². The maximum atomic E-state index is 12.2. The molecule has 3 nitrogen and oxygen atoms in total. The summed E-state index contributed by atoms with van der Waals surface area (Å²) >= 11 is 0. The average Bonchev–Trinajstić information content (AvgIpc) is 2.82. The smallest absolute Gasteiger partial charge is 0.227 e. The van der Waals surface area contributed by atoms with E-state index in [2.05, 4.69) is 48.0 Å². The predicted octanol–water partition coefficient (Wildman–Crippen LogP) is 7.29. The van der Waals surface area contributed by atoms with Gasteiger partial charge in [-0.25, -0.2) is 0 Å². The molecule has 0 fully saturated rings. The molecule has 0 N–H and O–H groups in total. The van der Waals surface area contributed by atoms with Gasteiger partial charge in [0.15, 0.2) is 6.20 Å². The molecule has 0 unspecified atom stereocenters. The molecule has 3 aromatic rings. The monoisotopic (exact) mass is 429 g/mol. The predicted molar refractivity (Wildman–Crippen MR) is 135 cm³/mol. The topological polar surface area (TPSA) is 24.2 Å². The summed E-state index contributed by atoms with van der Waals surface area (Å²) in [5.41, 5.74) is 3.24. The van der Waals surface area contributed by atoms with Crippen LogP contribution in [0.1, 0.15) is 70.8 Å². The Morgan fingerprint density at radius 2 is 1.50 bits per heavy atom. The van der Waals surface area contributed by atoms with E-state index in [0.717, 1.165) is 17.8 Å². The van der Waals surface area contributed by atoms with E-state index in [1.54, 1.807) is 11.8 Å². The fraction of sp³-hybridized carbons (Fsp3) is 0.379. The Kier molecular flexibility index (Phi) is 9.49. The zero-order chi connectivity index (χ0) is 22.6. The number of amides is 1. The van der Waals surface area contributed by atoms with E-state index in [4.69, 9.17) is 0 Å². The molecule has 0 bridgehead atoms. The normalized spacial score (nSPS) is 11.3. The largest absolute Gasteiger partial charge is 0.288 e. The van der Waals surface area contributed by atoms with Gasteiger partial charge >= 0.3 is 0 Å². The highest BCUT2D eigenvalue weighted by Crippen LogP contribution is 2.20. The number of unbranched alkanes of at least 4 members (excludes halogenated alkanes) is 7. The number of aromatic nitrogens is 1.